The lowest BCUT2D eigenvalue weighted by Crippen LogP contribution is -2.47. The first-order valence-electron chi connectivity index (χ1n) is 32.8. The third-order valence-corrected chi connectivity index (χ3v) is 18.8. The zero-order valence-electron chi connectivity index (χ0n) is 57.9. The van der Waals surface area contributed by atoms with Gasteiger partial charge < -0.3 is 62.3 Å². The molecule has 5 aromatic carbocycles. The maximum Gasteiger partial charge on any atom is 0.341 e. The fourth-order valence-electron chi connectivity index (χ4n) is 12.3. The SMILES string of the molecule is C.C.COCCN1C[C@H](Cc2ccccc2)n2cc(C(=O)CS(C)(=O)=O)c(=O)c(O)c2C1=O.COCCN1C[C@H](Cc2ccccc2)n2cc(C(=O)CS(C)(=O)=O)c(=O)c(OCc3ccccc3)c2C1=O.COCCN1C[C@H](Cc2ccccc2)n2cc(C(=O)O)c(=O)c(OCc3ccccc3)c2C1=O.I. The second kappa shape index (κ2) is 38.9. The van der Waals surface area contributed by atoms with Crippen molar-refractivity contribution in [2.24, 2.45) is 0 Å². The molecule has 8 aromatic rings. The molecule has 0 bridgehead atoms. The summed E-state index contributed by atoms with van der Waals surface area (Å²) in [5.41, 5.74) is 0.549. The number of Topliss-reactive ketones (excluding diaryl/α,β-unsaturated/α-hetero) is 2. The molecule has 3 atom stereocenters. The van der Waals surface area contributed by atoms with E-state index in [1.165, 1.54) is 35.2 Å². The highest BCUT2D eigenvalue weighted by Crippen LogP contribution is 2.34. The Balaban J connectivity index is 0.000000247. The molecule has 0 spiro atoms. The number of carboxylic acid groups (broad SMARTS) is 1. The molecule has 0 radical (unpaired) electrons. The van der Waals surface area contributed by atoms with E-state index in [1.54, 1.807) is 33.2 Å². The Bertz CT molecular complexity index is 4820. The van der Waals surface area contributed by atoms with Crippen LogP contribution in [0.25, 0.3) is 0 Å². The summed E-state index contributed by atoms with van der Waals surface area (Å²) in [6, 6.07) is 46.1. The van der Waals surface area contributed by atoms with E-state index in [-0.39, 0.29) is 124 Å². The van der Waals surface area contributed by atoms with Gasteiger partial charge in [-0.2, -0.15) is 0 Å². The lowest BCUT2D eigenvalue weighted by molar-refractivity contribution is 0.0580. The minimum absolute atomic E-state index is 0. The highest BCUT2D eigenvalue weighted by Gasteiger charge is 2.40. The number of ketones is 2. The van der Waals surface area contributed by atoms with Gasteiger partial charge in [0.15, 0.2) is 65.6 Å². The number of amides is 3. The smallest absolute Gasteiger partial charge is 0.341 e. The second-order valence-corrected chi connectivity index (χ2v) is 29.3. The number of carbonyl (C=O) groups is 6. The molecule has 11 rings (SSSR count). The number of nitrogens with zero attached hydrogens (tertiary/aromatic N) is 6. The summed E-state index contributed by atoms with van der Waals surface area (Å²) in [7, 11) is -2.77. The average Bonchev–Trinajstić information content (AvgIpc) is 0.682. The van der Waals surface area contributed by atoms with E-state index < -0.39 is 99.6 Å². The molecule has 3 amide bonds. The van der Waals surface area contributed by atoms with E-state index >= 15 is 0 Å². The monoisotopic (exact) mass is 1610 g/mol. The van der Waals surface area contributed by atoms with E-state index in [1.807, 2.05) is 152 Å². The van der Waals surface area contributed by atoms with Crippen LogP contribution < -0.4 is 25.8 Å². The first kappa shape index (κ1) is 85.0. The average molecular weight is 1610 g/mol. The zero-order valence-corrected chi connectivity index (χ0v) is 61.8. The summed E-state index contributed by atoms with van der Waals surface area (Å²) in [6.45, 7) is 2.78. The number of methoxy groups -OCH3 is 3. The minimum Gasteiger partial charge on any atom is -0.503 e. The molecule has 29 heteroatoms. The third kappa shape index (κ3) is 21.6. The van der Waals surface area contributed by atoms with Gasteiger partial charge in [0.1, 0.15) is 30.3 Å². The number of hydrogen-bond acceptors (Lipinski definition) is 19. The number of halogens is 1. The highest BCUT2D eigenvalue weighted by molar-refractivity contribution is 14.0. The van der Waals surface area contributed by atoms with Crippen LogP contribution in [-0.2, 0) is 66.4 Å². The van der Waals surface area contributed by atoms with Crippen LogP contribution in [-0.4, -0.2) is 195 Å². The Morgan fingerprint density at radius 1 is 0.425 bits per heavy atom. The van der Waals surface area contributed by atoms with Gasteiger partial charge in [-0.3, -0.25) is 38.4 Å². The topological polar surface area (TPSA) is 333 Å². The highest BCUT2D eigenvalue weighted by atomic mass is 127. The summed E-state index contributed by atoms with van der Waals surface area (Å²) >= 11 is 0. The molecule has 0 saturated heterocycles. The number of aromatic nitrogens is 3. The fraction of sp³-hybridized carbons (Fsp3) is 0.338. The van der Waals surface area contributed by atoms with Crippen LogP contribution in [0.1, 0.15) is 123 Å². The van der Waals surface area contributed by atoms with Crippen LogP contribution in [0, 0.1) is 0 Å². The zero-order chi connectivity index (χ0) is 74.1. The number of pyridine rings is 3. The van der Waals surface area contributed by atoms with Crippen molar-refractivity contribution in [1.29, 1.82) is 0 Å². The van der Waals surface area contributed by atoms with Gasteiger partial charge in [0.25, 0.3) is 17.7 Å². The standard InChI is InChI=1S/C28H30N2O7S.C26H26N2O6.C21H24N2O7S.2CH4.HI/c1-36-14-13-29-16-22(15-20-9-5-3-6-10-20)30-17-23(24(31)19-38(2,34)35)26(32)27(25(30)28(29)33)37-18-21-11-7-4-8-12-21;1-33-13-12-27-15-20(14-18-8-4-2-5-9-18)28-16-21(26(31)32)23(29)24(22(28)25(27)30)34-17-19-10-6-3-7-11-19;1-30-9-8-22-11-15(10-14-6-4-3-5-7-14)23-12-16(17(24)13-31(2,28)29)19(25)20(26)18(23)21(22)27;;;/h3-12,17,22H,13-16,18-19H2,1-2H3;2-11,16,20H,12-15,17H2,1H3,(H,31,32);3-7,12,15,26H,8-11,13H2,1-2H3;2*1H4;1H/t22-;20-;15-;;;/m000.../s1. The normalized spacial score (nSPS) is 15.1. The fourth-order valence-corrected chi connectivity index (χ4v) is 13.6. The Hall–Kier alpha value is -9.92. The van der Waals surface area contributed by atoms with Gasteiger partial charge in [0, 0.05) is 91.7 Å². The van der Waals surface area contributed by atoms with Gasteiger partial charge in [-0.05, 0) is 47.1 Å². The minimum atomic E-state index is -3.70. The number of rotatable bonds is 28. The van der Waals surface area contributed by atoms with E-state index in [2.05, 4.69) is 0 Å². The van der Waals surface area contributed by atoms with Crippen molar-refractivity contribution in [3.63, 3.8) is 0 Å². The molecular weight excluding hydrogens is 1520 g/mol. The lowest BCUT2D eigenvalue weighted by atomic mass is 10.00. The van der Waals surface area contributed by atoms with Crippen LogP contribution >= 0.6 is 24.0 Å². The number of ether oxygens (including phenoxy) is 5. The molecule has 106 heavy (non-hydrogen) atoms. The van der Waals surface area contributed by atoms with E-state index in [0.29, 0.717) is 58.7 Å². The van der Waals surface area contributed by atoms with Gasteiger partial charge >= 0.3 is 5.97 Å². The van der Waals surface area contributed by atoms with Crippen molar-refractivity contribution in [2.45, 2.75) is 65.5 Å². The van der Waals surface area contributed by atoms with Gasteiger partial charge in [-0.1, -0.05) is 167 Å². The number of benzene rings is 5. The molecule has 3 aromatic heterocycles. The maximum absolute atomic E-state index is 13.7. The van der Waals surface area contributed by atoms with E-state index in [9.17, 15) is 70.2 Å². The van der Waals surface area contributed by atoms with Gasteiger partial charge in [0.05, 0.1) is 49.1 Å². The Labute approximate surface area is 632 Å². The number of aromatic carboxylic acids is 1. The largest absolute Gasteiger partial charge is 0.503 e. The van der Waals surface area contributed by atoms with Crippen molar-refractivity contribution in [3.8, 4) is 17.2 Å². The molecule has 3 aliphatic rings. The molecule has 0 unspecified atom stereocenters. The number of carboxylic acids is 1. The van der Waals surface area contributed by atoms with Crippen molar-refractivity contribution >= 4 is 78.9 Å². The summed E-state index contributed by atoms with van der Waals surface area (Å²) in [5, 5.41) is 20.3. The molecule has 2 N–H and O–H groups in total. The summed E-state index contributed by atoms with van der Waals surface area (Å²) < 4.78 is 78.7. The summed E-state index contributed by atoms with van der Waals surface area (Å²) in [5.74, 6) is -7.55. The predicted octanol–water partition coefficient (Wildman–Crippen LogP) is 8.11. The second-order valence-electron chi connectivity index (χ2n) is 25.0. The number of carbonyl (C=O) groups excluding carboxylic acids is 5. The Morgan fingerprint density at radius 3 is 1.00 bits per heavy atom. The number of hydrogen-bond donors (Lipinski definition) is 2. The van der Waals surface area contributed by atoms with E-state index in [4.69, 9.17) is 23.7 Å². The molecule has 566 valence electrons. The molecule has 26 nitrogen and oxygen atoms in total. The van der Waals surface area contributed by atoms with Crippen molar-refractivity contribution in [1.82, 2.24) is 28.4 Å². The van der Waals surface area contributed by atoms with Crippen molar-refractivity contribution < 1.29 is 79.5 Å². The first-order valence-corrected chi connectivity index (χ1v) is 36.9. The number of sulfone groups is 2. The van der Waals surface area contributed by atoms with Crippen LogP contribution in [0.3, 0.4) is 0 Å². The lowest BCUT2D eigenvalue weighted by Gasteiger charge is -2.37. The number of fused-ring (bicyclic) bond motifs is 3. The third-order valence-electron chi connectivity index (χ3n) is 17.2. The van der Waals surface area contributed by atoms with Crippen LogP contribution in [0.4, 0.5) is 0 Å². The number of aromatic hydroxyl groups is 1. The van der Waals surface area contributed by atoms with Crippen molar-refractivity contribution in [2.75, 3.05) is 104 Å². The molecule has 0 saturated carbocycles. The first-order chi connectivity index (χ1) is 49.3. The summed E-state index contributed by atoms with van der Waals surface area (Å²) in [4.78, 5) is 121. The molecule has 0 aliphatic carbocycles. The maximum atomic E-state index is 13.7. The summed E-state index contributed by atoms with van der Waals surface area (Å²) in [6.07, 6.45) is 7.13. The van der Waals surface area contributed by atoms with Crippen LogP contribution in [0.15, 0.2) is 185 Å². The Morgan fingerprint density at radius 2 is 0.698 bits per heavy atom. The van der Waals surface area contributed by atoms with Gasteiger partial charge in [-0.15, -0.1) is 24.0 Å². The predicted molar refractivity (Wildman–Crippen MR) is 410 cm³/mol. The molecule has 0 fully saturated rings. The van der Waals surface area contributed by atoms with E-state index in [0.717, 1.165) is 40.3 Å². The molecular formula is C77H89IN6O20S2. The molecule has 6 heterocycles. The van der Waals surface area contributed by atoms with Crippen LogP contribution in [0.2, 0.25) is 0 Å². The quantitative estimate of drug-likeness (QED) is 0.0345. The van der Waals surface area contributed by atoms with Crippen molar-refractivity contribution in [3.05, 3.63) is 263 Å². The van der Waals surface area contributed by atoms with Gasteiger partial charge in [0.2, 0.25) is 16.3 Å². The van der Waals surface area contributed by atoms with Gasteiger partial charge in [-0.25, -0.2) is 21.6 Å². The van der Waals surface area contributed by atoms with Crippen LogP contribution in [0.5, 0.6) is 17.2 Å². The molecule has 3 aliphatic heterocycles. The Kier molecular flexibility index (Phi) is 31.2.